The molecule has 0 aliphatic heterocycles. The summed E-state index contributed by atoms with van der Waals surface area (Å²) in [7, 11) is 3.68. The lowest BCUT2D eigenvalue weighted by Gasteiger charge is -2.25. The van der Waals surface area contributed by atoms with Crippen molar-refractivity contribution in [3.8, 4) is 0 Å². The van der Waals surface area contributed by atoms with E-state index in [9.17, 15) is 4.79 Å². The van der Waals surface area contributed by atoms with Crippen LogP contribution in [0.3, 0.4) is 0 Å². The summed E-state index contributed by atoms with van der Waals surface area (Å²) < 4.78 is 0. The number of hydrogen-bond donors (Lipinski definition) is 0. The van der Waals surface area contributed by atoms with E-state index in [-0.39, 0.29) is 11.8 Å². The highest BCUT2D eigenvalue weighted by atomic mass is 16.2. The maximum absolute atomic E-state index is 11.9. The fourth-order valence-corrected chi connectivity index (χ4v) is 1.59. The van der Waals surface area contributed by atoms with Crippen LogP contribution in [-0.4, -0.2) is 24.9 Å². The summed E-state index contributed by atoms with van der Waals surface area (Å²) in [6.07, 6.45) is 2.18. The van der Waals surface area contributed by atoms with Gasteiger partial charge in [-0.15, -0.1) is 0 Å². The van der Waals surface area contributed by atoms with Gasteiger partial charge in [0, 0.05) is 20.0 Å². The normalized spacial score (nSPS) is 15.4. The van der Waals surface area contributed by atoms with Gasteiger partial charge in [0.25, 0.3) is 0 Å². The molecule has 0 saturated carbocycles. The van der Waals surface area contributed by atoms with Crippen molar-refractivity contribution in [1.29, 1.82) is 0 Å². The monoisotopic (exact) mass is 199 g/mol. The molecule has 0 aromatic rings. The first-order valence-corrected chi connectivity index (χ1v) is 5.61. The van der Waals surface area contributed by atoms with Crippen molar-refractivity contribution < 1.29 is 4.79 Å². The highest BCUT2D eigenvalue weighted by Crippen LogP contribution is 2.23. The molecule has 0 aliphatic rings. The van der Waals surface area contributed by atoms with E-state index in [0.717, 1.165) is 12.8 Å². The molecule has 0 aliphatic carbocycles. The molecule has 0 aromatic carbocycles. The first-order chi connectivity index (χ1) is 6.40. The fraction of sp³-hybridized carbons (Fsp3) is 0.917. The van der Waals surface area contributed by atoms with Crippen molar-refractivity contribution in [1.82, 2.24) is 4.90 Å². The molecule has 14 heavy (non-hydrogen) atoms. The molecule has 0 saturated heterocycles. The zero-order valence-electron chi connectivity index (χ0n) is 10.5. The van der Waals surface area contributed by atoms with E-state index in [1.807, 2.05) is 14.1 Å². The molecule has 0 aromatic heterocycles. The van der Waals surface area contributed by atoms with Crippen molar-refractivity contribution in [3.63, 3.8) is 0 Å². The molecule has 2 unspecified atom stereocenters. The van der Waals surface area contributed by atoms with Crippen LogP contribution >= 0.6 is 0 Å². The molecule has 1 amide bonds. The van der Waals surface area contributed by atoms with E-state index >= 15 is 0 Å². The number of rotatable bonds is 5. The molecular weight excluding hydrogens is 174 g/mol. The van der Waals surface area contributed by atoms with Gasteiger partial charge in [-0.2, -0.15) is 0 Å². The van der Waals surface area contributed by atoms with Crippen LogP contribution in [0.2, 0.25) is 0 Å². The number of hydrogen-bond acceptors (Lipinski definition) is 1. The van der Waals surface area contributed by atoms with Gasteiger partial charge < -0.3 is 4.90 Å². The quantitative estimate of drug-likeness (QED) is 0.666. The Morgan fingerprint density at radius 1 is 1.21 bits per heavy atom. The standard InChI is InChI=1S/C12H25NO/c1-7-10(4)8-11(9(2)3)12(14)13(5)6/h9-11H,7-8H2,1-6H3. The van der Waals surface area contributed by atoms with Crippen LogP contribution in [0.25, 0.3) is 0 Å². The lowest BCUT2D eigenvalue weighted by molar-refractivity contribution is -0.135. The molecule has 2 atom stereocenters. The van der Waals surface area contributed by atoms with Gasteiger partial charge in [0.05, 0.1) is 0 Å². The summed E-state index contributed by atoms with van der Waals surface area (Å²) in [5.74, 6) is 1.56. The predicted molar refractivity (Wildman–Crippen MR) is 61.1 cm³/mol. The third kappa shape index (κ3) is 4.12. The molecule has 2 nitrogen and oxygen atoms in total. The molecule has 0 radical (unpaired) electrons. The maximum atomic E-state index is 11.9. The van der Waals surface area contributed by atoms with Crippen LogP contribution in [0.15, 0.2) is 0 Å². The Bertz CT molecular complexity index is 175. The lowest BCUT2D eigenvalue weighted by atomic mass is 9.85. The molecule has 84 valence electrons. The highest BCUT2D eigenvalue weighted by molar-refractivity contribution is 5.78. The van der Waals surface area contributed by atoms with Crippen molar-refractivity contribution in [2.45, 2.75) is 40.5 Å². The largest absolute Gasteiger partial charge is 0.349 e. The summed E-state index contributed by atoms with van der Waals surface area (Å²) in [6.45, 7) is 8.67. The van der Waals surface area contributed by atoms with Gasteiger partial charge in [-0.05, 0) is 18.3 Å². The minimum Gasteiger partial charge on any atom is -0.349 e. The summed E-state index contributed by atoms with van der Waals surface area (Å²) in [5, 5.41) is 0. The molecule has 0 spiro atoms. The molecule has 0 fully saturated rings. The Labute approximate surface area is 88.7 Å². The number of carbonyl (C=O) groups excluding carboxylic acids is 1. The van der Waals surface area contributed by atoms with Gasteiger partial charge in [0.2, 0.25) is 5.91 Å². The summed E-state index contributed by atoms with van der Waals surface area (Å²) in [6, 6.07) is 0. The fourth-order valence-electron chi connectivity index (χ4n) is 1.59. The predicted octanol–water partition coefficient (Wildman–Crippen LogP) is 2.78. The topological polar surface area (TPSA) is 20.3 Å². The Morgan fingerprint density at radius 3 is 2.00 bits per heavy atom. The first-order valence-electron chi connectivity index (χ1n) is 5.61. The van der Waals surface area contributed by atoms with Crippen molar-refractivity contribution in [3.05, 3.63) is 0 Å². The first kappa shape index (κ1) is 13.5. The summed E-state index contributed by atoms with van der Waals surface area (Å²) >= 11 is 0. The second-order valence-electron chi connectivity index (χ2n) is 4.83. The minimum atomic E-state index is 0.194. The smallest absolute Gasteiger partial charge is 0.225 e. The number of carbonyl (C=O) groups is 1. The van der Waals surface area contributed by atoms with Crippen molar-refractivity contribution >= 4 is 5.91 Å². The van der Waals surface area contributed by atoms with Crippen molar-refractivity contribution in [2.75, 3.05) is 14.1 Å². The van der Waals surface area contributed by atoms with Crippen LogP contribution in [-0.2, 0) is 4.79 Å². The van der Waals surface area contributed by atoms with Gasteiger partial charge in [-0.3, -0.25) is 4.79 Å². The lowest BCUT2D eigenvalue weighted by Crippen LogP contribution is -2.33. The number of nitrogens with zero attached hydrogens (tertiary/aromatic N) is 1. The maximum Gasteiger partial charge on any atom is 0.225 e. The zero-order valence-corrected chi connectivity index (χ0v) is 10.5. The third-order valence-corrected chi connectivity index (χ3v) is 2.92. The van der Waals surface area contributed by atoms with Crippen LogP contribution in [0.1, 0.15) is 40.5 Å². The van der Waals surface area contributed by atoms with Crippen LogP contribution in [0, 0.1) is 17.8 Å². The van der Waals surface area contributed by atoms with Crippen LogP contribution in [0.4, 0.5) is 0 Å². The molecule has 2 heteroatoms. The van der Waals surface area contributed by atoms with E-state index in [4.69, 9.17) is 0 Å². The van der Waals surface area contributed by atoms with Crippen LogP contribution in [0.5, 0.6) is 0 Å². The average Bonchev–Trinajstić information content (AvgIpc) is 2.11. The summed E-state index contributed by atoms with van der Waals surface area (Å²) in [4.78, 5) is 13.6. The Balaban J connectivity index is 4.37. The SMILES string of the molecule is CCC(C)CC(C(=O)N(C)C)C(C)C. The van der Waals surface area contributed by atoms with Gasteiger partial charge in [-0.1, -0.05) is 34.1 Å². The molecule has 0 bridgehead atoms. The average molecular weight is 199 g/mol. The van der Waals surface area contributed by atoms with Crippen molar-refractivity contribution in [2.24, 2.45) is 17.8 Å². The second-order valence-corrected chi connectivity index (χ2v) is 4.83. The highest BCUT2D eigenvalue weighted by Gasteiger charge is 2.24. The molecule has 0 heterocycles. The Kier molecular flexibility index (Phi) is 5.82. The zero-order chi connectivity index (χ0) is 11.3. The van der Waals surface area contributed by atoms with E-state index in [0.29, 0.717) is 11.8 Å². The third-order valence-electron chi connectivity index (χ3n) is 2.92. The second kappa shape index (κ2) is 6.05. The Morgan fingerprint density at radius 2 is 1.71 bits per heavy atom. The van der Waals surface area contributed by atoms with E-state index in [1.165, 1.54) is 0 Å². The van der Waals surface area contributed by atoms with Crippen LogP contribution < -0.4 is 0 Å². The van der Waals surface area contributed by atoms with E-state index in [1.54, 1.807) is 4.90 Å². The summed E-state index contributed by atoms with van der Waals surface area (Å²) in [5.41, 5.74) is 0. The number of amides is 1. The van der Waals surface area contributed by atoms with E-state index < -0.39 is 0 Å². The molecular formula is C12H25NO. The Hall–Kier alpha value is -0.530. The van der Waals surface area contributed by atoms with Gasteiger partial charge in [-0.25, -0.2) is 0 Å². The molecule has 0 rings (SSSR count). The van der Waals surface area contributed by atoms with Gasteiger partial charge in [0.15, 0.2) is 0 Å². The van der Waals surface area contributed by atoms with E-state index in [2.05, 4.69) is 27.7 Å². The molecule has 0 N–H and O–H groups in total. The van der Waals surface area contributed by atoms with Gasteiger partial charge in [0.1, 0.15) is 0 Å². The van der Waals surface area contributed by atoms with Gasteiger partial charge >= 0.3 is 0 Å². The minimum absolute atomic E-state index is 0.194.